The topological polar surface area (TPSA) is 38.0 Å². The summed E-state index contributed by atoms with van der Waals surface area (Å²) in [6.07, 6.45) is 1.67. The minimum atomic E-state index is -0.0556. The minimum absolute atomic E-state index is 0.0556. The summed E-state index contributed by atoms with van der Waals surface area (Å²) in [6, 6.07) is 5.13. The number of allylic oxidation sites excluding steroid dienone is 1. The molecule has 1 heterocycles. The molecule has 0 N–H and O–H groups in total. The molecule has 78 valence electrons. The molecule has 0 bridgehead atoms. The highest BCUT2D eigenvalue weighted by Gasteiger charge is 2.21. The van der Waals surface area contributed by atoms with Crippen molar-refractivity contribution in [1.82, 2.24) is 0 Å². The van der Waals surface area contributed by atoms with E-state index in [1.807, 2.05) is 0 Å². The fourth-order valence-electron chi connectivity index (χ4n) is 1.48. The molecule has 0 aliphatic heterocycles. The molecule has 0 aromatic carbocycles. The molecule has 0 aliphatic carbocycles. The van der Waals surface area contributed by atoms with E-state index in [1.165, 1.54) is 13.8 Å². The second kappa shape index (κ2) is 4.64. The number of carbonyl (C=O) groups is 2. The molecule has 0 fully saturated rings. The number of rotatable bonds is 4. The molecule has 0 spiro atoms. The molecule has 15 heavy (non-hydrogen) atoms. The van der Waals surface area contributed by atoms with Gasteiger partial charge in [0.25, 0.3) is 0 Å². The molecule has 0 amide bonds. The summed E-state index contributed by atoms with van der Waals surface area (Å²) < 4.78 is 1.68. The van der Waals surface area contributed by atoms with E-state index in [1.54, 1.807) is 28.8 Å². The van der Waals surface area contributed by atoms with Crippen LogP contribution in [0.5, 0.6) is 0 Å². The number of nitrogens with zero attached hydrogens (tertiary/aromatic N) is 1. The third kappa shape index (κ3) is 2.37. The summed E-state index contributed by atoms with van der Waals surface area (Å²) >= 11 is 0. The second-order valence-electron chi connectivity index (χ2n) is 3.31. The van der Waals surface area contributed by atoms with E-state index in [9.17, 15) is 9.59 Å². The number of carbonyl (C=O) groups excluding carboxylic acids is 2. The molecule has 0 atom stereocenters. The van der Waals surface area contributed by atoms with Crippen LogP contribution in [-0.4, -0.2) is 11.6 Å². The molecule has 3 nitrogen and oxygen atoms in total. The zero-order valence-corrected chi connectivity index (χ0v) is 8.99. The van der Waals surface area contributed by atoms with E-state index < -0.39 is 0 Å². The zero-order chi connectivity index (χ0) is 11.4. The first kappa shape index (κ1) is 11.3. The number of aromatic nitrogens is 1. The minimum Gasteiger partial charge on any atom is -0.288 e. The van der Waals surface area contributed by atoms with E-state index in [0.717, 1.165) is 0 Å². The zero-order valence-electron chi connectivity index (χ0n) is 8.99. The van der Waals surface area contributed by atoms with Gasteiger partial charge in [-0.1, -0.05) is 6.58 Å². The molecule has 1 aromatic rings. The highest BCUT2D eigenvalue weighted by molar-refractivity contribution is 5.93. The maximum absolute atomic E-state index is 11.3. The van der Waals surface area contributed by atoms with E-state index in [0.29, 0.717) is 17.9 Å². The van der Waals surface area contributed by atoms with Gasteiger partial charge in [0.05, 0.1) is 0 Å². The summed E-state index contributed by atoms with van der Waals surface area (Å²) in [6.45, 7) is 7.05. The van der Waals surface area contributed by atoms with Crippen molar-refractivity contribution in [2.45, 2.75) is 20.4 Å². The van der Waals surface area contributed by atoms with Crippen LogP contribution in [0.4, 0.5) is 0 Å². The van der Waals surface area contributed by atoms with Gasteiger partial charge in [-0.15, -0.1) is 0 Å². The molecule has 0 saturated carbocycles. The normalized spacial score (nSPS) is 9.73. The van der Waals surface area contributed by atoms with Crippen LogP contribution < -0.4 is 4.57 Å². The molecule has 1 aromatic heterocycles. The number of hydrogen-bond donors (Lipinski definition) is 0. The Labute approximate surface area is 89.0 Å². The van der Waals surface area contributed by atoms with Gasteiger partial charge in [0, 0.05) is 26.0 Å². The van der Waals surface area contributed by atoms with Crippen molar-refractivity contribution in [3.8, 4) is 0 Å². The molecule has 0 radical (unpaired) electrons. The van der Waals surface area contributed by atoms with Crippen molar-refractivity contribution in [3.63, 3.8) is 0 Å². The monoisotopic (exact) mass is 204 g/mol. The predicted molar refractivity (Wildman–Crippen MR) is 56.8 cm³/mol. The van der Waals surface area contributed by atoms with Crippen LogP contribution in [0.2, 0.25) is 0 Å². The number of ketones is 2. The maximum Gasteiger partial charge on any atom is 0.249 e. The second-order valence-corrected chi connectivity index (χ2v) is 3.31. The Morgan fingerprint density at radius 2 is 1.73 bits per heavy atom. The summed E-state index contributed by atoms with van der Waals surface area (Å²) in [5.41, 5.74) is 1.06. The predicted octanol–water partition coefficient (Wildman–Crippen LogP) is 1.57. The van der Waals surface area contributed by atoms with Crippen molar-refractivity contribution in [1.29, 1.82) is 0 Å². The van der Waals surface area contributed by atoms with Gasteiger partial charge in [-0.05, 0) is 12.1 Å². The van der Waals surface area contributed by atoms with Crippen molar-refractivity contribution in [2.75, 3.05) is 0 Å². The van der Waals surface area contributed by atoms with Gasteiger partial charge >= 0.3 is 0 Å². The van der Waals surface area contributed by atoms with Gasteiger partial charge in [0.15, 0.2) is 6.54 Å². The third-order valence-corrected chi connectivity index (χ3v) is 2.12. The van der Waals surface area contributed by atoms with E-state index in [-0.39, 0.29) is 11.6 Å². The standard InChI is InChI=1S/C12H14NO2/c1-4-8-13-11(9(2)14)6-5-7-12(13)10(3)15/h4-7H,1,8H2,2-3H3/q+1. The first-order chi connectivity index (χ1) is 7.07. The van der Waals surface area contributed by atoms with Gasteiger partial charge in [-0.3, -0.25) is 9.59 Å². The molecule has 0 saturated heterocycles. The van der Waals surface area contributed by atoms with Gasteiger partial charge in [-0.2, -0.15) is 4.57 Å². The SMILES string of the molecule is C=CC[n+]1c(C(C)=O)cccc1C(C)=O. The van der Waals surface area contributed by atoms with Crippen molar-refractivity contribution in [2.24, 2.45) is 0 Å². The van der Waals surface area contributed by atoms with Crippen LogP contribution >= 0.6 is 0 Å². The summed E-state index contributed by atoms with van der Waals surface area (Å²) in [7, 11) is 0. The van der Waals surface area contributed by atoms with E-state index in [4.69, 9.17) is 0 Å². The first-order valence-electron chi connectivity index (χ1n) is 4.73. The number of pyridine rings is 1. The van der Waals surface area contributed by atoms with Crippen LogP contribution in [0.3, 0.4) is 0 Å². The Kier molecular flexibility index (Phi) is 3.50. The first-order valence-corrected chi connectivity index (χ1v) is 4.73. The fourth-order valence-corrected chi connectivity index (χ4v) is 1.48. The lowest BCUT2D eigenvalue weighted by molar-refractivity contribution is -0.690. The lowest BCUT2D eigenvalue weighted by Gasteiger charge is -2.02. The Balaban J connectivity index is 3.40. The summed E-state index contributed by atoms with van der Waals surface area (Å²) in [4.78, 5) is 22.7. The number of hydrogen-bond acceptors (Lipinski definition) is 2. The Morgan fingerprint density at radius 3 is 2.07 bits per heavy atom. The van der Waals surface area contributed by atoms with E-state index in [2.05, 4.69) is 6.58 Å². The lowest BCUT2D eigenvalue weighted by Crippen LogP contribution is -2.44. The fraction of sp³-hybridized carbons (Fsp3) is 0.250. The van der Waals surface area contributed by atoms with Gasteiger partial charge in [0.1, 0.15) is 0 Å². The lowest BCUT2D eigenvalue weighted by atomic mass is 10.2. The van der Waals surface area contributed by atoms with Crippen LogP contribution in [-0.2, 0) is 6.54 Å². The Hall–Kier alpha value is -1.77. The van der Waals surface area contributed by atoms with E-state index >= 15 is 0 Å². The van der Waals surface area contributed by atoms with Crippen molar-refractivity contribution in [3.05, 3.63) is 42.2 Å². The molecule has 1 rings (SSSR count). The smallest absolute Gasteiger partial charge is 0.249 e. The Morgan fingerprint density at radius 1 is 1.27 bits per heavy atom. The highest BCUT2D eigenvalue weighted by Crippen LogP contribution is 2.00. The summed E-state index contributed by atoms with van der Waals surface area (Å²) in [5.74, 6) is -0.111. The van der Waals surface area contributed by atoms with Gasteiger partial charge in [-0.25, -0.2) is 0 Å². The maximum atomic E-state index is 11.3. The van der Waals surface area contributed by atoms with Crippen LogP contribution in [0.1, 0.15) is 34.8 Å². The van der Waals surface area contributed by atoms with Crippen LogP contribution in [0.15, 0.2) is 30.9 Å². The molecule has 0 unspecified atom stereocenters. The van der Waals surface area contributed by atoms with Gasteiger partial charge < -0.3 is 0 Å². The Bertz CT molecular complexity index is 389. The molecular formula is C12H14NO2+. The largest absolute Gasteiger partial charge is 0.288 e. The summed E-state index contributed by atoms with van der Waals surface area (Å²) in [5, 5.41) is 0. The molecule has 3 heteroatoms. The van der Waals surface area contributed by atoms with Crippen LogP contribution in [0, 0.1) is 0 Å². The molecule has 0 aliphatic rings. The van der Waals surface area contributed by atoms with Crippen molar-refractivity contribution >= 4 is 11.6 Å². The third-order valence-electron chi connectivity index (χ3n) is 2.12. The highest BCUT2D eigenvalue weighted by atomic mass is 16.1. The van der Waals surface area contributed by atoms with Crippen LogP contribution in [0.25, 0.3) is 0 Å². The van der Waals surface area contributed by atoms with Crippen molar-refractivity contribution < 1.29 is 14.2 Å². The number of Topliss-reactive ketones (excluding diaryl/α,β-unsaturated/α-hetero) is 2. The average Bonchev–Trinajstić information content (AvgIpc) is 2.17. The quantitative estimate of drug-likeness (QED) is 0.424. The average molecular weight is 204 g/mol. The molecular weight excluding hydrogens is 190 g/mol. The van der Waals surface area contributed by atoms with Gasteiger partial charge in [0.2, 0.25) is 23.0 Å².